The van der Waals surface area contributed by atoms with E-state index >= 15 is 4.39 Å². The first kappa shape index (κ1) is 22.5. The van der Waals surface area contributed by atoms with Crippen molar-refractivity contribution in [3.8, 4) is 0 Å². The lowest BCUT2D eigenvalue weighted by Gasteiger charge is -2.29. The van der Waals surface area contributed by atoms with Gasteiger partial charge in [0, 0.05) is 67.1 Å². The lowest BCUT2D eigenvalue weighted by atomic mass is 10.0. The van der Waals surface area contributed by atoms with E-state index in [1.165, 1.54) is 4.90 Å². The summed E-state index contributed by atoms with van der Waals surface area (Å²) in [6, 6.07) is 10.1. The van der Waals surface area contributed by atoms with Gasteiger partial charge in [-0.3, -0.25) is 24.6 Å². The Balaban J connectivity index is 1.30. The second-order valence-electron chi connectivity index (χ2n) is 8.86. The normalized spacial score (nSPS) is 20.9. The number of rotatable bonds is 6. The van der Waals surface area contributed by atoms with Crippen LogP contribution in [-0.2, 0) is 34.0 Å². The number of hydrogen-bond acceptors (Lipinski definition) is 6. The van der Waals surface area contributed by atoms with Gasteiger partial charge in [0.15, 0.2) is 0 Å². The molecule has 0 saturated carbocycles. The lowest BCUT2D eigenvalue weighted by molar-refractivity contribution is -0.136. The van der Waals surface area contributed by atoms with Gasteiger partial charge in [-0.05, 0) is 18.6 Å². The molecule has 0 aliphatic carbocycles. The minimum atomic E-state index is -0.667. The van der Waals surface area contributed by atoms with Crippen molar-refractivity contribution in [2.45, 2.75) is 38.5 Å². The third-order valence-corrected chi connectivity index (χ3v) is 6.71. The van der Waals surface area contributed by atoms with Gasteiger partial charge in [-0.1, -0.05) is 24.3 Å². The van der Waals surface area contributed by atoms with Crippen LogP contribution in [0.3, 0.4) is 0 Å². The largest absolute Gasteiger partial charge is 0.381 e. The maximum Gasteiger partial charge on any atom is 0.255 e. The van der Waals surface area contributed by atoms with Crippen LogP contribution in [0.5, 0.6) is 0 Å². The van der Waals surface area contributed by atoms with E-state index in [4.69, 9.17) is 4.74 Å². The maximum atomic E-state index is 15.2. The molecule has 0 spiro atoms. The molecule has 2 aromatic carbocycles. The van der Waals surface area contributed by atoms with E-state index in [0.29, 0.717) is 42.9 Å². The monoisotopic (exact) mass is 466 g/mol. The number of carbonyl (C=O) groups is 3. The highest BCUT2D eigenvalue weighted by molar-refractivity contribution is 6.06. The second kappa shape index (κ2) is 9.52. The smallest absolute Gasteiger partial charge is 0.255 e. The molecule has 2 aromatic rings. The molecule has 0 bridgehead atoms. The third-order valence-electron chi connectivity index (χ3n) is 6.71. The van der Waals surface area contributed by atoms with Gasteiger partial charge in [-0.2, -0.15) is 0 Å². The van der Waals surface area contributed by atoms with Crippen LogP contribution in [0.2, 0.25) is 0 Å². The van der Waals surface area contributed by atoms with Crippen molar-refractivity contribution in [1.29, 1.82) is 0 Å². The number of piperidine rings is 1. The molecular formula is C25H27FN4O4. The van der Waals surface area contributed by atoms with Gasteiger partial charge in [-0.25, -0.2) is 4.39 Å². The average molecular weight is 467 g/mol. The molecule has 2 fully saturated rings. The number of fused-ring (bicyclic) bond motifs is 1. The number of benzene rings is 2. The molecule has 2 saturated heterocycles. The predicted molar refractivity (Wildman–Crippen MR) is 122 cm³/mol. The maximum absolute atomic E-state index is 15.2. The van der Waals surface area contributed by atoms with E-state index in [9.17, 15) is 14.4 Å². The van der Waals surface area contributed by atoms with Crippen LogP contribution in [0.1, 0.15) is 39.9 Å². The van der Waals surface area contributed by atoms with Gasteiger partial charge >= 0.3 is 0 Å². The number of ether oxygens (including phenoxy) is 1. The van der Waals surface area contributed by atoms with Gasteiger partial charge in [-0.15, -0.1) is 0 Å². The molecule has 1 atom stereocenters. The molecule has 9 heteroatoms. The predicted octanol–water partition coefficient (Wildman–Crippen LogP) is 2.03. The first-order chi connectivity index (χ1) is 16.5. The van der Waals surface area contributed by atoms with Gasteiger partial charge in [0.05, 0.1) is 13.2 Å². The highest BCUT2D eigenvalue weighted by atomic mass is 19.1. The van der Waals surface area contributed by atoms with Crippen molar-refractivity contribution >= 4 is 23.4 Å². The summed E-state index contributed by atoms with van der Waals surface area (Å²) in [5, 5.41) is 5.60. The number of amides is 3. The van der Waals surface area contributed by atoms with E-state index in [1.807, 2.05) is 18.2 Å². The molecule has 3 aliphatic rings. The van der Waals surface area contributed by atoms with Crippen LogP contribution < -0.4 is 10.6 Å². The van der Waals surface area contributed by atoms with Crippen molar-refractivity contribution in [1.82, 2.24) is 15.1 Å². The zero-order valence-corrected chi connectivity index (χ0v) is 18.8. The Morgan fingerprint density at radius 3 is 2.62 bits per heavy atom. The Hall–Kier alpha value is -3.30. The van der Waals surface area contributed by atoms with E-state index in [1.54, 1.807) is 18.2 Å². The van der Waals surface area contributed by atoms with Gasteiger partial charge in [0.2, 0.25) is 11.8 Å². The fraction of sp³-hybridized carbons (Fsp3) is 0.400. The van der Waals surface area contributed by atoms with Gasteiger partial charge < -0.3 is 15.0 Å². The van der Waals surface area contributed by atoms with E-state index in [2.05, 4.69) is 15.5 Å². The minimum Gasteiger partial charge on any atom is -0.381 e. The quantitative estimate of drug-likeness (QED) is 0.634. The van der Waals surface area contributed by atoms with Crippen molar-refractivity contribution in [2.75, 3.05) is 31.6 Å². The molecule has 0 aromatic heterocycles. The van der Waals surface area contributed by atoms with Crippen molar-refractivity contribution < 1.29 is 23.5 Å². The van der Waals surface area contributed by atoms with E-state index < -0.39 is 11.9 Å². The number of nitrogens with one attached hydrogen (secondary N) is 2. The summed E-state index contributed by atoms with van der Waals surface area (Å²) >= 11 is 0. The zero-order chi connectivity index (χ0) is 23.7. The summed E-state index contributed by atoms with van der Waals surface area (Å²) in [5.74, 6) is -1.21. The summed E-state index contributed by atoms with van der Waals surface area (Å²) in [5.41, 5.74) is 3.24. The molecular weight excluding hydrogens is 439 g/mol. The van der Waals surface area contributed by atoms with Gasteiger partial charge in [0.25, 0.3) is 5.91 Å². The molecule has 34 heavy (non-hydrogen) atoms. The molecule has 178 valence electrons. The second-order valence-corrected chi connectivity index (χ2v) is 8.86. The number of anilines is 1. The highest BCUT2D eigenvalue weighted by Crippen LogP contribution is 2.32. The van der Waals surface area contributed by atoms with Crippen LogP contribution in [0.15, 0.2) is 36.4 Å². The first-order valence-electron chi connectivity index (χ1n) is 11.6. The summed E-state index contributed by atoms with van der Waals surface area (Å²) in [4.78, 5) is 40.5. The highest BCUT2D eigenvalue weighted by Gasteiger charge is 2.39. The fourth-order valence-corrected chi connectivity index (χ4v) is 4.83. The summed E-state index contributed by atoms with van der Waals surface area (Å²) in [7, 11) is 0. The first-order valence-corrected chi connectivity index (χ1v) is 11.6. The molecule has 5 rings (SSSR count). The molecule has 2 N–H and O–H groups in total. The Kier molecular flexibility index (Phi) is 6.30. The average Bonchev–Trinajstić information content (AvgIpc) is 3.17. The number of halogens is 1. The summed E-state index contributed by atoms with van der Waals surface area (Å²) in [6.45, 7) is 3.98. The minimum absolute atomic E-state index is 0.210. The SMILES string of the molecule is O=C1CC[C@H](N2Cc3c(NCc4cccc(CN5CCOCC5)c4F)cccc3C2=O)C(=O)N1. The number of carbonyl (C=O) groups excluding carboxylic acids is 3. The van der Waals surface area contributed by atoms with Crippen LogP contribution in [0.25, 0.3) is 0 Å². The number of nitrogens with zero attached hydrogens (tertiary/aromatic N) is 2. The lowest BCUT2D eigenvalue weighted by Crippen LogP contribution is -2.52. The summed E-state index contributed by atoms with van der Waals surface area (Å²) < 4.78 is 20.6. The van der Waals surface area contributed by atoms with Crippen LogP contribution >= 0.6 is 0 Å². The van der Waals surface area contributed by atoms with Gasteiger partial charge in [0.1, 0.15) is 11.9 Å². The van der Waals surface area contributed by atoms with Crippen molar-refractivity contribution in [2.24, 2.45) is 0 Å². The Morgan fingerprint density at radius 2 is 1.82 bits per heavy atom. The molecule has 0 unspecified atom stereocenters. The molecule has 8 nitrogen and oxygen atoms in total. The van der Waals surface area contributed by atoms with E-state index in [0.717, 1.165) is 24.3 Å². The van der Waals surface area contributed by atoms with Crippen LogP contribution in [0.4, 0.5) is 10.1 Å². The Bertz CT molecular complexity index is 1130. The summed E-state index contributed by atoms with van der Waals surface area (Å²) in [6.07, 6.45) is 0.524. The van der Waals surface area contributed by atoms with E-state index in [-0.39, 0.29) is 37.1 Å². The van der Waals surface area contributed by atoms with Crippen LogP contribution in [-0.4, -0.2) is 59.9 Å². The van der Waals surface area contributed by atoms with Crippen LogP contribution in [0, 0.1) is 5.82 Å². The zero-order valence-electron chi connectivity index (χ0n) is 18.8. The third kappa shape index (κ3) is 4.41. The number of imide groups is 1. The molecule has 3 heterocycles. The standard InChI is InChI=1S/C25H27FN4O4/c26-23-16(3-1-4-17(23)14-29-9-11-34-12-10-29)13-27-20-6-2-5-18-19(20)15-30(25(18)33)21-7-8-22(31)28-24(21)32/h1-6,21,27H,7-15H2,(H,28,31,32)/t21-/m0/s1. The topological polar surface area (TPSA) is 91.0 Å². The number of hydrogen-bond donors (Lipinski definition) is 2. The fourth-order valence-electron chi connectivity index (χ4n) is 4.83. The molecule has 3 aliphatic heterocycles. The van der Waals surface area contributed by atoms with Crippen molar-refractivity contribution in [3.05, 3.63) is 64.5 Å². The van der Waals surface area contributed by atoms with Crippen molar-refractivity contribution in [3.63, 3.8) is 0 Å². The number of morpholine rings is 1. The Morgan fingerprint density at radius 1 is 1.06 bits per heavy atom. The molecule has 0 radical (unpaired) electrons. The Labute approximate surface area is 197 Å². The molecule has 3 amide bonds.